The van der Waals surface area contributed by atoms with E-state index < -0.39 is 0 Å². The summed E-state index contributed by atoms with van der Waals surface area (Å²) in [5.74, 6) is -0.0541. The lowest BCUT2D eigenvalue weighted by atomic mass is 10.1. The molecular formula is C13H25NO3. The molecule has 17 heavy (non-hydrogen) atoms. The number of esters is 1. The lowest BCUT2D eigenvalue weighted by Gasteiger charge is -2.12. The highest BCUT2D eigenvalue weighted by atomic mass is 16.5. The van der Waals surface area contributed by atoms with E-state index in [4.69, 9.17) is 9.47 Å². The van der Waals surface area contributed by atoms with Gasteiger partial charge in [-0.15, -0.1) is 0 Å². The molecular weight excluding hydrogens is 218 g/mol. The van der Waals surface area contributed by atoms with Crippen LogP contribution in [0.4, 0.5) is 0 Å². The van der Waals surface area contributed by atoms with E-state index in [9.17, 15) is 4.79 Å². The number of carbonyl (C=O) groups excluding carboxylic acids is 1. The van der Waals surface area contributed by atoms with Crippen molar-refractivity contribution in [1.82, 2.24) is 4.90 Å². The number of carbonyl (C=O) groups is 1. The van der Waals surface area contributed by atoms with E-state index in [2.05, 4.69) is 11.8 Å². The molecule has 0 aromatic carbocycles. The van der Waals surface area contributed by atoms with Gasteiger partial charge >= 0.3 is 5.97 Å². The number of unbranched alkanes of at least 4 members (excludes halogenated alkanes) is 4. The average molecular weight is 243 g/mol. The maximum atomic E-state index is 11.4. The Labute approximate surface area is 104 Å². The Morgan fingerprint density at radius 1 is 1.29 bits per heavy atom. The third kappa shape index (κ3) is 7.34. The molecule has 0 saturated carbocycles. The van der Waals surface area contributed by atoms with Crippen LogP contribution in [0.2, 0.25) is 0 Å². The predicted octanol–water partition coefficient (Wildman–Crippen LogP) is 2.18. The second-order valence-electron chi connectivity index (χ2n) is 4.54. The smallest absolute Gasteiger partial charge is 0.305 e. The third-order valence-electron chi connectivity index (χ3n) is 2.98. The van der Waals surface area contributed by atoms with Gasteiger partial charge in [0.15, 0.2) is 0 Å². The SMILES string of the molecule is CCCCCCCC(=O)OCCN1CCOC1. The molecule has 0 spiro atoms. The zero-order valence-electron chi connectivity index (χ0n) is 11.0. The number of ether oxygens (including phenoxy) is 2. The van der Waals surface area contributed by atoms with Crippen LogP contribution in [0.1, 0.15) is 45.4 Å². The minimum Gasteiger partial charge on any atom is -0.464 e. The highest BCUT2D eigenvalue weighted by molar-refractivity contribution is 5.69. The minimum atomic E-state index is -0.0541. The van der Waals surface area contributed by atoms with Crippen LogP contribution < -0.4 is 0 Å². The number of hydrogen-bond acceptors (Lipinski definition) is 4. The molecule has 1 aliphatic rings. The summed E-state index contributed by atoms with van der Waals surface area (Å²) < 4.78 is 10.4. The molecule has 1 rings (SSSR count). The maximum absolute atomic E-state index is 11.4. The summed E-state index contributed by atoms with van der Waals surface area (Å²) in [5, 5.41) is 0. The van der Waals surface area contributed by atoms with Gasteiger partial charge in [-0.2, -0.15) is 0 Å². The summed E-state index contributed by atoms with van der Waals surface area (Å²) in [6.45, 7) is 5.91. The molecule has 0 bridgehead atoms. The topological polar surface area (TPSA) is 38.8 Å². The number of nitrogens with zero attached hydrogens (tertiary/aromatic N) is 1. The van der Waals surface area contributed by atoms with E-state index in [-0.39, 0.29) is 5.97 Å². The Balaban J connectivity index is 1.86. The fourth-order valence-corrected chi connectivity index (χ4v) is 1.86. The van der Waals surface area contributed by atoms with E-state index >= 15 is 0 Å². The van der Waals surface area contributed by atoms with Crippen LogP contribution in [0.25, 0.3) is 0 Å². The quantitative estimate of drug-likeness (QED) is 0.459. The maximum Gasteiger partial charge on any atom is 0.305 e. The molecule has 4 heteroatoms. The van der Waals surface area contributed by atoms with Crippen molar-refractivity contribution in [3.05, 3.63) is 0 Å². The lowest BCUT2D eigenvalue weighted by Crippen LogP contribution is -2.25. The van der Waals surface area contributed by atoms with Crippen molar-refractivity contribution < 1.29 is 14.3 Å². The standard InChI is InChI=1S/C13H25NO3/c1-2-3-4-5-6-7-13(15)17-11-9-14-8-10-16-12-14/h2-12H2,1H3. The van der Waals surface area contributed by atoms with Crippen molar-refractivity contribution in [2.45, 2.75) is 45.4 Å². The molecule has 1 saturated heterocycles. The number of rotatable bonds is 9. The highest BCUT2D eigenvalue weighted by Gasteiger charge is 2.11. The zero-order valence-corrected chi connectivity index (χ0v) is 11.0. The molecule has 0 aromatic heterocycles. The molecule has 100 valence electrons. The molecule has 1 aliphatic heterocycles. The fraction of sp³-hybridized carbons (Fsp3) is 0.923. The highest BCUT2D eigenvalue weighted by Crippen LogP contribution is 2.06. The second-order valence-corrected chi connectivity index (χ2v) is 4.54. The van der Waals surface area contributed by atoms with Crippen LogP contribution in [0.5, 0.6) is 0 Å². The van der Waals surface area contributed by atoms with Crippen molar-refractivity contribution in [2.24, 2.45) is 0 Å². The Hall–Kier alpha value is -0.610. The molecule has 0 N–H and O–H groups in total. The van der Waals surface area contributed by atoms with E-state index in [0.29, 0.717) is 19.8 Å². The van der Waals surface area contributed by atoms with Crippen LogP contribution >= 0.6 is 0 Å². The van der Waals surface area contributed by atoms with Gasteiger partial charge in [-0.3, -0.25) is 9.69 Å². The molecule has 1 heterocycles. The minimum absolute atomic E-state index is 0.0541. The van der Waals surface area contributed by atoms with E-state index in [1.807, 2.05) is 0 Å². The lowest BCUT2D eigenvalue weighted by molar-refractivity contribution is -0.144. The summed E-state index contributed by atoms with van der Waals surface area (Å²) in [5.41, 5.74) is 0. The first-order valence-electron chi connectivity index (χ1n) is 6.78. The normalized spacial score (nSPS) is 16.3. The van der Waals surface area contributed by atoms with Gasteiger partial charge in [-0.1, -0.05) is 32.6 Å². The summed E-state index contributed by atoms with van der Waals surface area (Å²) in [7, 11) is 0. The van der Waals surface area contributed by atoms with Gasteiger partial charge in [0.2, 0.25) is 0 Å². The van der Waals surface area contributed by atoms with Crippen molar-refractivity contribution in [2.75, 3.05) is 33.0 Å². The van der Waals surface area contributed by atoms with E-state index in [1.54, 1.807) is 0 Å². The van der Waals surface area contributed by atoms with Crippen molar-refractivity contribution >= 4 is 5.97 Å². The van der Waals surface area contributed by atoms with Crippen LogP contribution in [0, 0.1) is 0 Å². The largest absolute Gasteiger partial charge is 0.464 e. The molecule has 0 atom stereocenters. The third-order valence-corrected chi connectivity index (χ3v) is 2.98. The van der Waals surface area contributed by atoms with Gasteiger partial charge in [-0.25, -0.2) is 0 Å². The Morgan fingerprint density at radius 2 is 2.12 bits per heavy atom. The Morgan fingerprint density at radius 3 is 2.82 bits per heavy atom. The average Bonchev–Trinajstić information content (AvgIpc) is 2.82. The second kappa shape index (κ2) is 9.42. The molecule has 0 amide bonds. The summed E-state index contributed by atoms with van der Waals surface area (Å²) in [6, 6.07) is 0. The van der Waals surface area contributed by atoms with Gasteiger partial charge in [0, 0.05) is 19.5 Å². The van der Waals surface area contributed by atoms with Crippen LogP contribution in [0.3, 0.4) is 0 Å². The molecule has 4 nitrogen and oxygen atoms in total. The van der Waals surface area contributed by atoms with Crippen LogP contribution in [-0.4, -0.2) is 43.9 Å². The van der Waals surface area contributed by atoms with Gasteiger partial charge in [-0.05, 0) is 6.42 Å². The molecule has 0 unspecified atom stereocenters. The van der Waals surface area contributed by atoms with Crippen molar-refractivity contribution in [3.8, 4) is 0 Å². The first-order valence-corrected chi connectivity index (χ1v) is 6.78. The molecule has 0 aromatic rings. The summed E-state index contributed by atoms with van der Waals surface area (Å²) >= 11 is 0. The van der Waals surface area contributed by atoms with Crippen LogP contribution in [0.15, 0.2) is 0 Å². The van der Waals surface area contributed by atoms with Gasteiger partial charge in [0.05, 0.1) is 13.3 Å². The Bertz CT molecular complexity index is 203. The fourth-order valence-electron chi connectivity index (χ4n) is 1.86. The summed E-state index contributed by atoms with van der Waals surface area (Å²) in [6.07, 6.45) is 6.41. The van der Waals surface area contributed by atoms with Gasteiger partial charge in [0.25, 0.3) is 0 Å². The molecule has 0 aliphatic carbocycles. The zero-order chi connectivity index (χ0) is 12.3. The van der Waals surface area contributed by atoms with E-state index in [0.717, 1.165) is 32.5 Å². The first-order chi connectivity index (χ1) is 8.33. The van der Waals surface area contributed by atoms with E-state index in [1.165, 1.54) is 19.3 Å². The predicted molar refractivity (Wildman–Crippen MR) is 66.7 cm³/mol. The molecule has 1 fully saturated rings. The van der Waals surface area contributed by atoms with Gasteiger partial charge in [0.1, 0.15) is 6.61 Å². The summed E-state index contributed by atoms with van der Waals surface area (Å²) in [4.78, 5) is 13.5. The van der Waals surface area contributed by atoms with Crippen LogP contribution in [-0.2, 0) is 14.3 Å². The first kappa shape index (κ1) is 14.5. The van der Waals surface area contributed by atoms with Crippen molar-refractivity contribution in [3.63, 3.8) is 0 Å². The number of hydrogen-bond donors (Lipinski definition) is 0. The van der Waals surface area contributed by atoms with Gasteiger partial charge < -0.3 is 9.47 Å². The molecule has 0 radical (unpaired) electrons. The van der Waals surface area contributed by atoms with Crippen molar-refractivity contribution in [1.29, 1.82) is 0 Å². The Kier molecular flexibility index (Phi) is 8.01. The monoisotopic (exact) mass is 243 g/mol.